The average molecular weight is 551 g/mol. The number of hydrogen-bond donors (Lipinski definition) is 3. The minimum Gasteiger partial charge on any atom is -0.493 e. The predicted molar refractivity (Wildman–Crippen MR) is 153 cm³/mol. The fraction of sp³-hybridized carbons (Fsp3) is 0.556. The van der Waals surface area contributed by atoms with E-state index < -0.39 is 0 Å². The van der Waals surface area contributed by atoms with Crippen LogP contribution < -0.4 is 15.4 Å². The Morgan fingerprint density at radius 2 is 2.03 bits per heavy atom. The molecule has 1 atom stereocenters. The minimum atomic E-state index is -0.190. The molecule has 1 heterocycles. The number of anilines is 1. The summed E-state index contributed by atoms with van der Waals surface area (Å²) < 4.78 is 9.23. The molecular weight excluding hydrogens is 508 g/mol. The highest BCUT2D eigenvalue weighted by molar-refractivity contribution is 7.98. The molecule has 37 heavy (non-hydrogen) atoms. The molecule has 10 heteroatoms. The van der Waals surface area contributed by atoms with Crippen LogP contribution in [0.4, 0.5) is 10.5 Å². The molecule has 1 unspecified atom stereocenters. The van der Waals surface area contributed by atoms with Gasteiger partial charge in [0.25, 0.3) is 0 Å². The quantitative estimate of drug-likeness (QED) is 0.187. The molecule has 8 nitrogen and oxygen atoms in total. The number of nitrogens with zero attached hydrogens (tertiary/aromatic N) is 2. The van der Waals surface area contributed by atoms with Gasteiger partial charge >= 0.3 is 6.03 Å². The molecule has 206 valence electrons. The van der Waals surface area contributed by atoms with E-state index in [1.165, 1.54) is 23.5 Å². The number of thiophene rings is 1. The summed E-state index contributed by atoms with van der Waals surface area (Å²) in [6.07, 6.45) is 7.15. The Morgan fingerprint density at radius 1 is 1.27 bits per heavy atom. The van der Waals surface area contributed by atoms with Gasteiger partial charge in [-0.2, -0.15) is 0 Å². The maximum Gasteiger partial charge on any atom is 0.319 e. The number of ether oxygens (including phenoxy) is 1. The van der Waals surface area contributed by atoms with Crippen LogP contribution in [0.25, 0.3) is 0 Å². The second-order valence-corrected chi connectivity index (χ2v) is 11.9. The van der Waals surface area contributed by atoms with Crippen molar-refractivity contribution in [2.45, 2.75) is 68.7 Å². The van der Waals surface area contributed by atoms with E-state index in [-0.39, 0.29) is 24.7 Å². The third-order valence-electron chi connectivity index (χ3n) is 5.92. The predicted octanol–water partition coefficient (Wildman–Crippen LogP) is 5.37. The van der Waals surface area contributed by atoms with E-state index in [0.29, 0.717) is 19.6 Å². The number of urea groups is 1. The molecule has 1 saturated carbocycles. The van der Waals surface area contributed by atoms with Crippen LogP contribution >= 0.6 is 23.3 Å². The van der Waals surface area contributed by atoms with Crippen LogP contribution in [0.5, 0.6) is 5.75 Å². The van der Waals surface area contributed by atoms with Gasteiger partial charge in [-0.25, -0.2) is 4.79 Å². The van der Waals surface area contributed by atoms with Gasteiger partial charge in [0, 0.05) is 18.3 Å². The number of nitrogens with one attached hydrogen (secondary N) is 2. The van der Waals surface area contributed by atoms with E-state index in [2.05, 4.69) is 32.5 Å². The first-order valence-electron chi connectivity index (χ1n) is 12.8. The molecular formula is C27H42N4O4S2. The van der Waals surface area contributed by atoms with Gasteiger partial charge in [0.05, 0.1) is 23.5 Å². The number of amides is 3. The summed E-state index contributed by atoms with van der Waals surface area (Å²) >= 11 is 3.53. The first-order valence-corrected chi connectivity index (χ1v) is 14.5. The first-order chi connectivity index (χ1) is 17.8. The van der Waals surface area contributed by atoms with Crippen LogP contribution in [0.2, 0.25) is 0 Å². The first kappa shape index (κ1) is 31.0. The molecule has 3 N–H and O–H groups in total. The number of benzene rings is 1. The van der Waals surface area contributed by atoms with Crippen molar-refractivity contribution in [2.75, 3.05) is 39.2 Å². The second-order valence-electron chi connectivity index (χ2n) is 9.33. The summed E-state index contributed by atoms with van der Waals surface area (Å²) in [6.45, 7) is 4.69. The van der Waals surface area contributed by atoms with Gasteiger partial charge in [0.2, 0.25) is 6.41 Å². The number of rotatable bonds is 12. The van der Waals surface area contributed by atoms with Crippen molar-refractivity contribution in [1.82, 2.24) is 14.5 Å². The van der Waals surface area contributed by atoms with E-state index >= 15 is 0 Å². The molecule has 1 aliphatic carbocycles. The maximum absolute atomic E-state index is 12.2. The van der Waals surface area contributed by atoms with E-state index in [0.717, 1.165) is 36.3 Å². The smallest absolute Gasteiger partial charge is 0.319 e. The van der Waals surface area contributed by atoms with E-state index in [1.807, 2.05) is 39.2 Å². The van der Waals surface area contributed by atoms with Crippen molar-refractivity contribution >= 4 is 41.4 Å². The Labute approximate surface area is 229 Å². The Hall–Kier alpha value is -2.27. The Bertz CT molecular complexity index is 921. The summed E-state index contributed by atoms with van der Waals surface area (Å²) in [5.41, 5.74) is 1.67. The molecule has 0 saturated heterocycles. The van der Waals surface area contributed by atoms with Crippen LogP contribution in [-0.4, -0.2) is 72.7 Å². The number of carbonyl (C=O) groups excluding carboxylic acids is 2. The van der Waals surface area contributed by atoms with Crippen LogP contribution in [-0.2, 0) is 4.79 Å². The summed E-state index contributed by atoms with van der Waals surface area (Å²) in [5, 5.41) is 17.1. The van der Waals surface area contributed by atoms with Gasteiger partial charge < -0.3 is 25.4 Å². The van der Waals surface area contributed by atoms with Gasteiger partial charge in [-0.15, -0.1) is 11.3 Å². The fourth-order valence-corrected chi connectivity index (χ4v) is 5.63. The lowest BCUT2D eigenvalue weighted by Gasteiger charge is -2.23. The molecule has 1 fully saturated rings. The normalized spacial score (nSPS) is 14.3. The molecule has 0 aliphatic heterocycles. The molecule has 3 rings (SSSR count). The fourth-order valence-electron chi connectivity index (χ4n) is 3.90. The Morgan fingerprint density at radius 3 is 2.62 bits per heavy atom. The second kappa shape index (κ2) is 17.3. The van der Waals surface area contributed by atoms with E-state index in [9.17, 15) is 9.59 Å². The number of aliphatic hydroxyl groups excluding tert-OH is 1. The SMILES string of the molecule is CN(C)Sc1cccs1.Cc1cc(NC(=O)NC2CCCCC2)ccc1OCCCN(C=O)C(C)CO. The van der Waals surface area contributed by atoms with E-state index in [1.54, 1.807) is 35.1 Å². The summed E-state index contributed by atoms with van der Waals surface area (Å²) in [6, 6.07) is 9.68. The molecule has 3 amide bonds. The van der Waals surface area contributed by atoms with Crippen LogP contribution in [0, 0.1) is 6.92 Å². The Kier molecular flexibility index (Phi) is 14.5. The number of carbonyl (C=O) groups is 2. The highest BCUT2D eigenvalue weighted by atomic mass is 32.2. The van der Waals surface area contributed by atoms with Crippen LogP contribution in [0.3, 0.4) is 0 Å². The van der Waals surface area contributed by atoms with Crippen molar-refractivity contribution in [3.05, 3.63) is 41.3 Å². The van der Waals surface area contributed by atoms with E-state index in [4.69, 9.17) is 9.84 Å². The monoisotopic (exact) mass is 550 g/mol. The summed E-state index contributed by atoms with van der Waals surface area (Å²) in [5.74, 6) is 0.756. The van der Waals surface area contributed by atoms with Gasteiger partial charge in [0.15, 0.2) is 0 Å². The van der Waals surface area contributed by atoms with Crippen molar-refractivity contribution in [1.29, 1.82) is 0 Å². The molecule has 2 aromatic rings. The van der Waals surface area contributed by atoms with Crippen molar-refractivity contribution in [3.63, 3.8) is 0 Å². The van der Waals surface area contributed by atoms with Gasteiger partial charge in [-0.3, -0.25) is 9.10 Å². The standard InChI is InChI=1S/C21H33N3O4.C6H9NS2/c1-16-13-19(23-21(27)22-18-7-4-3-5-8-18)9-10-20(16)28-12-6-11-24(15-26)17(2)14-25;1-7(2)9-6-4-3-5-8-6/h9-10,13,15,17-18,25H,3-8,11-12,14H2,1-2H3,(H2,22,23,27);3-5H,1-2H3. The lowest BCUT2D eigenvalue weighted by atomic mass is 9.96. The highest BCUT2D eigenvalue weighted by Gasteiger charge is 2.16. The lowest BCUT2D eigenvalue weighted by Crippen LogP contribution is -2.39. The number of aryl methyl sites for hydroxylation is 1. The Balaban J connectivity index is 0.000000449. The molecule has 1 aromatic carbocycles. The molecule has 0 radical (unpaired) electrons. The summed E-state index contributed by atoms with van der Waals surface area (Å²) in [7, 11) is 4.09. The molecule has 1 aliphatic rings. The maximum atomic E-state index is 12.2. The topological polar surface area (TPSA) is 94.1 Å². The number of hydrogen-bond acceptors (Lipinski definition) is 7. The van der Waals surface area contributed by atoms with Crippen LogP contribution in [0.1, 0.15) is 51.0 Å². The largest absolute Gasteiger partial charge is 0.493 e. The molecule has 0 bridgehead atoms. The van der Waals surface area contributed by atoms with Gasteiger partial charge in [-0.1, -0.05) is 25.3 Å². The lowest BCUT2D eigenvalue weighted by molar-refractivity contribution is -0.120. The zero-order chi connectivity index (χ0) is 27.0. The average Bonchev–Trinajstić information content (AvgIpc) is 3.38. The summed E-state index contributed by atoms with van der Waals surface area (Å²) in [4.78, 5) is 24.7. The van der Waals surface area contributed by atoms with Gasteiger partial charge in [0.1, 0.15) is 5.75 Å². The molecule has 0 spiro atoms. The number of aliphatic hydroxyl groups is 1. The zero-order valence-electron chi connectivity index (χ0n) is 22.4. The minimum absolute atomic E-state index is 0.0541. The third-order valence-corrected chi connectivity index (χ3v) is 7.78. The molecule has 1 aromatic heterocycles. The van der Waals surface area contributed by atoms with Crippen molar-refractivity contribution in [2.24, 2.45) is 0 Å². The van der Waals surface area contributed by atoms with Crippen LogP contribution in [0.15, 0.2) is 39.9 Å². The van der Waals surface area contributed by atoms with Gasteiger partial charge in [-0.05, 0) is 94.4 Å². The van der Waals surface area contributed by atoms with Crippen molar-refractivity contribution < 1.29 is 19.4 Å². The zero-order valence-corrected chi connectivity index (χ0v) is 24.1. The van der Waals surface area contributed by atoms with Crippen molar-refractivity contribution in [3.8, 4) is 5.75 Å². The highest BCUT2D eigenvalue weighted by Crippen LogP contribution is 2.24. The third kappa shape index (κ3) is 12.2.